The van der Waals surface area contributed by atoms with Gasteiger partial charge in [0, 0.05) is 0 Å². The summed E-state index contributed by atoms with van der Waals surface area (Å²) < 4.78 is 0. The molecule has 0 aromatic rings. The Morgan fingerprint density at radius 1 is 0.875 bits per heavy atom. The molecule has 94 valence electrons. The van der Waals surface area contributed by atoms with Crippen molar-refractivity contribution < 1.29 is 0 Å². The molecule has 0 spiro atoms. The Morgan fingerprint density at radius 2 is 1.75 bits per heavy atom. The molecule has 2 saturated carbocycles. The fourth-order valence-corrected chi connectivity index (χ4v) is 4.00. The fraction of sp³-hybridized carbons (Fsp3) is 1.00. The summed E-state index contributed by atoms with van der Waals surface area (Å²) in [4.78, 5) is 0. The van der Waals surface area contributed by atoms with Crippen molar-refractivity contribution >= 4 is 0 Å². The third kappa shape index (κ3) is 3.25. The molecule has 0 saturated heterocycles. The van der Waals surface area contributed by atoms with Gasteiger partial charge in [-0.15, -0.1) is 0 Å². The first kappa shape index (κ1) is 12.5. The Balaban J connectivity index is 1.61. The van der Waals surface area contributed by atoms with E-state index in [1.165, 1.54) is 38.5 Å². The molecule has 2 aliphatic rings. The largest absolute Gasteiger partial charge is 0.0654 e. The van der Waals surface area contributed by atoms with Gasteiger partial charge in [0.25, 0.3) is 0 Å². The second kappa shape index (κ2) is 6.07. The molecule has 0 heteroatoms. The molecule has 0 aliphatic heterocycles. The summed E-state index contributed by atoms with van der Waals surface area (Å²) in [6.07, 6.45) is 15.1. The van der Waals surface area contributed by atoms with Gasteiger partial charge in [0.15, 0.2) is 0 Å². The second-order valence-electron chi connectivity index (χ2n) is 6.38. The molecule has 2 aliphatic carbocycles. The molecule has 0 bridgehead atoms. The van der Waals surface area contributed by atoms with Crippen molar-refractivity contribution in [3.05, 3.63) is 0 Å². The summed E-state index contributed by atoms with van der Waals surface area (Å²) in [7, 11) is 0. The van der Waals surface area contributed by atoms with Crippen LogP contribution in [0.5, 0.6) is 0 Å². The lowest BCUT2D eigenvalue weighted by molar-refractivity contribution is 0.400. The highest BCUT2D eigenvalue weighted by Crippen LogP contribution is 2.53. The quantitative estimate of drug-likeness (QED) is 0.505. The Kier molecular flexibility index (Phi) is 4.73. The van der Waals surface area contributed by atoms with E-state index in [1.54, 1.807) is 25.7 Å². The van der Waals surface area contributed by atoms with Crippen molar-refractivity contribution in [3.63, 3.8) is 0 Å². The van der Waals surface area contributed by atoms with Crippen LogP contribution in [0, 0.1) is 23.7 Å². The molecule has 0 aromatic carbocycles. The Morgan fingerprint density at radius 3 is 2.50 bits per heavy atom. The highest BCUT2D eigenvalue weighted by molar-refractivity contribution is 4.94. The average Bonchev–Trinajstić information content (AvgIpc) is 2.89. The molecule has 0 N–H and O–H groups in total. The Hall–Kier alpha value is 0. The van der Waals surface area contributed by atoms with E-state index in [-0.39, 0.29) is 0 Å². The van der Waals surface area contributed by atoms with E-state index in [0.29, 0.717) is 0 Å². The highest BCUT2D eigenvalue weighted by atomic mass is 14.5. The van der Waals surface area contributed by atoms with Crippen molar-refractivity contribution in [1.29, 1.82) is 0 Å². The summed E-state index contributed by atoms with van der Waals surface area (Å²) in [6, 6.07) is 0. The molecule has 0 amide bonds. The van der Waals surface area contributed by atoms with Crippen LogP contribution in [0.4, 0.5) is 0 Å². The van der Waals surface area contributed by atoms with E-state index in [0.717, 1.165) is 23.7 Å². The van der Waals surface area contributed by atoms with E-state index in [9.17, 15) is 0 Å². The van der Waals surface area contributed by atoms with Crippen molar-refractivity contribution in [3.8, 4) is 0 Å². The monoisotopic (exact) mass is 222 g/mol. The van der Waals surface area contributed by atoms with E-state index in [4.69, 9.17) is 0 Å². The van der Waals surface area contributed by atoms with Gasteiger partial charge in [0.2, 0.25) is 0 Å². The van der Waals surface area contributed by atoms with Gasteiger partial charge >= 0.3 is 0 Å². The maximum absolute atomic E-state index is 2.34. The maximum Gasteiger partial charge on any atom is -0.0354 e. The minimum Gasteiger partial charge on any atom is -0.0654 e. The predicted molar refractivity (Wildman–Crippen MR) is 71.5 cm³/mol. The molecular weight excluding hydrogens is 192 g/mol. The molecule has 0 nitrogen and oxygen atoms in total. The highest BCUT2D eigenvalue weighted by Gasteiger charge is 2.44. The first-order chi connectivity index (χ1) is 7.85. The zero-order valence-electron chi connectivity index (χ0n) is 11.4. The zero-order chi connectivity index (χ0) is 11.4. The Bertz CT molecular complexity index is 196. The summed E-state index contributed by atoms with van der Waals surface area (Å²) in [5.41, 5.74) is 0. The minimum atomic E-state index is 1.11. The number of rotatable bonds is 7. The lowest BCUT2D eigenvalue weighted by atomic mass is 9.95. The van der Waals surface area contributed by atoms with Crippen LogP contribution >= 0.6 is 0 Å². The molecule has 16 heavy (non-hydrogen) atoms. The summed E-state index contributed by atoms with van der Waals surface area (Å²) in [6.45, 7) is 4.66. The smallest absolute Gasteiger partial charge is 0.0354 e. The van der Waals surface area contributed by atoms with Crippen LogP contribution in [0.25, 0.3) is 0 Å². The number of hydrogen-bond acceptors (Lipinski definition) is 0. The van der Waals surface area contributed by atoms with Crippen LogP contribution in [-0.2, 0) is 0 Å². The van der Waals surface area contributed by atoms with Crippen molar-refractivity contribution in [1.82, 2.24) is 0 Å². The SMILES string of the molecule is CCCCCC1CCC(C2CC2CCC)C1. The maximum atomic E-state index is 2.34. The fourth-order valence-electron chi connectivity index (χ4n) is 4.00. The Labute approximate surface area is 102 Å². The van der Waals surface area contributed by atoms with E-state index < -0.39 is 0 Å². The third-order valence-electron chi connectivity index (χ3n) is 5.04. The zero-order valence-corrected chi connectivity index (χ0v) is 11.4. The summed E-state index contributed by atoms with van der Waals surface area (Å²) >= 11 is 0. The molecule has 2 rings (SSSR count). The van der Waals surface area contributed by atoms with Gasteiger partial charge in [-0.25, -0.2) is 0 Å². The van der Waals surface area contributed by atoms with Crippen LogP contribution in [0.15, 0.2) is 0 Å². The van der Waals surface area contributed by atoms with Gasteiger partial charge in [0.05, 0.1) is 0 Å². The normalized spacial score (nSPS) is 37.9. The predicted octanol–water partition coefficient (Wildman–Crippen LogP) is 5.42. The van der Waals surface area contributed by atoms with Crippen LogP contribution < -0.4 is 0 Å². The van der Waals surface area contributed by atoms with Crippen LogP contribution in [0.3, 0.4) is 0 Å². The van der Waals surface area contributed by atoms with E-state index >= 15 is 0 Å². The molecule has 2 fully saturated rings. The van der Waals surface area contributed by atoms with Gasteiger partial charge < -0.3 is 0 Å². The van der Waals surface area contributed by atoms with Gasteiger partial charge in [-0.3, -0.25) is 0 Å². The van der Waals surface area contributed by atoms with Gasteiger partial charge in [0.1, 0.15) is 0 Å². The standard InChI is InChI=1S/C16H30/c1-3-5-6-8-13-9-10-15(11-13)16-12-14(16)7-4-2/h13-16H,3-12H2,1-2H3. The first-order valence-electron chi connectivity index (χ1n) is 7.85. The van der Waals surface area contributed by atoms with Crippen LogP contribution in [0.1, 0.15) is 78.1 Å². The van der Waals surface area contributed by atoms with Gasteiger partial charge in [-0.2, -0.15) is 0 Å². The van der Waals surface area contributed by atoms with Crippen molar-refractivity contribution in [2.45, 2.75) is 78.1 Å². The summed E-state index contributed by atoms with van der Waals surface area (Å²) in [5, 5.41) is 0. The van der Waals surface area contributed by atoms with Crippen LogP contribution in [-0.4, -0.2) is 0 Å². The summed E-state index contributed by atoms with van der Waals surface area (Å²) in [5.74, 6) is 4.56. The third-order valence-corrected chi connectivity index (χ3v) is 5.04. The molecular formula is C16H30. The molecule has 4 atom stereocenters. The van der Waals surface area contributed by atoms with E-state index in [1.807, 2.05) is 0 Å². The van der Waals surface area contributed by atoms with Crippen LogP contribution in [0.2, 0.25) is 0 Å². The number of unbranched alkanes of at least 4 members (excludes halogenated alkanes) is 2. The average molecular weight is 222 g/mol. The first-order valence-corrected chi connectivity index (χ1v) is 7.85. The van der Waals surface area contributed by atoms with Gasteiger partial charge in [-0.05, 0) is 42.9 Å². The molecule has 0 aromatic heterocycles. The van der Waals surface area contributed by atoms with Crippen molar-refractivity contribution in [2.24, 2.45) is 23.7 Å². The lowest BCUT2D eigenvalue weighted by Gasteiger charge is -2.11. The molecule has 4 unspecified atom stereocenters. The lowest BCUT2D eigenvalue weighted by Crippen LogP contribution is -2.01. The molecule has 0 heterocycles. The number of hydrogen-bond donors (Lipinski definition) is 0. The van der Waals surface area contributed by atoms with E-state index in [2.05, 4.69) is 13.8 Å². The van der Waals surface area contributed by atoms with Gasteiger partial charge in [-0.1, -0.05) is 58.8 Å². The molecule has 0 radical (unpaired) electrons. The topological polar surface area (TPSA) is 0 Å². The minimum absolute atomic E-state index is 1.11. The second-order valence-corrected chi connectivity index (χ2v) is 6.38. The van der Waals surface area contributed by atoms with Crippen molar-refractivity contribution in [2.75, 3.05) is 0 Å².